The number of sulfonamides is 1. The van der Waals surface area contributed by atoms with Crippen molar-refractivity contribution in [3.63, 3.8) is 0 Å². The molecule has 2 atom stereocenters. The summed E-state index contributed by atoms with van der Waals surface area (Å²) in [6.45, 7) is 2.15. The van der Waals surface area contributed by atoms with Gasteiger partial charge in [0.2, 0.25) is 10.0 Å². The van der Waals surface area contributed by atoms with Gasteiger partial charge < -0.3 is 9.88 Å². The molecule has 2 saturated heterocycles. The van der Waals surface area contributed by atoms with E-state index in [4.69, 9.17) is 0 Å². The molecular weight excluding hydrogens is 316 g/mol. The Labute approximate surface area is 137 Å². The Bertz CT molecular complexity index is 698. The summed E-state index contributed by atoms with van der Waals surface area (Å²) in [6, 6.07) is 2.00. The van der Waals surface area contributed by atoms with E-state index < -0.39 is 10.0 Å². The number of nitrogens with one attached hydrogen (secondary N) is 2. The lowest BCUT2D eigenvalue weighted by atomic mass is 9.99. The van der Waals surface area contributed by atoms with Crippen LogP contribution in [0.5, 0.6) is 0 Å². The van der Waals surface area contributed by atoms with Gasteiger partial charge in [0.25, 0.3) is 5.91 Å². The molecule has 3 heterocycles. The largest absolute Gasteiger partial charge is 0.346 e. The molecule has 0 bridgehead atoms. The van der Waals surface area contributed by atoms with E-state index in [1.807, 2.05) is 0 Å². The maximum absolute atomic E-state index is 12.6. The molecule has 0 aliphatic carbocycles. The number of piperidine rings is 1. The van der Waals surface area contributed by atoms with E-state index >= 15 is 0 Å². The highest BCUT2D eigenvalue weighted by molar-refractivity contribution is 7.89. The number of fused-ring (bicyclic) bond motifs is 1. The monoisotopic (exact) mass is 340 g/mol. The zero-order chi connectivity index (χ0) is 16.6. The van der Waals surface area contributed by atoms with Crippen molar-refractivity contribution in [3.8, 4) is 0 Å². The quantitative estimate of drug-likeness (QED) is 0.825. The van der Waals surface area contributed by atoms with Crippen molar-refractivity contribution < 1.29 is 13.2 Å². The average molecular weight is 340 g/mol. The fourth-order valence-corrected chi connectivity index (χ4v) is 4.48. The molecule has 0 aromatic carbocycles. The van der Waals surface area contributed by atoms with Gasteiger partial charge in [0.1, 0.15) is 10.6 Å². The molecule has 2 fully saturated rings. The highest BCUT2D eigenvalue weighted by Crippen LogP contribution is 2.27. The van der Waals surface area contributed by atoms with Crippen molar-refractivity contribution in [2.75, 3.05) is 20.1 Å². The molecule has 0 saturated carbocycles. The van der Waals surface area contributed by atoms with E-state index in [9.17, 15) is 13.2 Å². The Balaban J connectivity index is 1.74. The first-order chi connectivity index (χ1) is 10.9. The third-order valence-electron chi connectivity index (χ3n) is 4.96. The standard InChI is InChI=1S/C15H24N4O3S/c1-16-23(21,22)11-9-14(18(2)10-11)15(20)17-12-6-8-19-7-4-3-5-13(12)19/h9-10,12-13,16H,3-8H2,1-2H3,(H,17,20)/t12-,13-/m1/s1. The highest BCUT2D eigenvalue weighted by atomic mass is 32.2. The minimum absolute atomic E-state index is 0.110. The van der Waals surface area contributed by atoms with Crippen LogP contribution in [0.1, 0.15) is 36.2 Å². The molecule has 8 heteroatoms. The zero-order valence-electron chi connectivity index (χ0n) is 13.6. The van der Waals surface area contributed by atoms with Crippen LogP contribution in [-0.2, 0) is 17.1 Å². The molecule has 128 valence electrons. The summed E-state index contributed by atoms with van der Waals surface area (Å²) < 4.78 is 27.5. The van der Waals surface area contributed by atoms with Crippen molar-refractivity contribution in [2.45, 2.75) is 42.7 Å². The third-order valence-corrected chi connectivity index (χ3v) is 6.35. The number of rotatable bonds is 4. The van der Waals surface area contributed by atoms with Crippen molar-refractivity contribution in [3.05, 3.63) is 18.0 Å². The van der Waals surface area contributed by atoms with Crippen LogP contribution in [0.25, 0.3) is 0 Å². The topological polar surface area (TPSA) is 83.4 Å². The number of carbonyl (C=O) groups is 1. The fraction of sp³-hybridized carbons (Fsp3) is 0.667. The van der Waals surface area contributed by atoms with Gasteiger partial charge in [-0.1, -0.05) is 6.42 Å². The van der Waals surface area contributed by atoms with Gasteiger partial charge in [-0.15, -0.1) is 0 Å². The van der Waals surface area contributed by atoms with Gasteiger partial charge in [-0.25, -0.2) is 13.1 Å². The van der Waals surface area contributed by atoms with Crippen LogP contribution < -0.4 is 10.0 Å². The Morgan fingerprint density at radius 2 is 2.04 bits per heavy atom. The summed E-state index contributed by atoms with van der Waals surface area (Å²) >= 11 is 0. The van der Waals surface area contributed by atoms with Crippen LogP contribution in [0.4, 0.5) is 0 Å². The third kappa shape index (κ3) is 3.15. The number of aromatic nitrogens is 1. The Hall–Kier alpha value is -1.38. The van der Waals surface area contributed by atoms with Gasteiger partial charge >= 0.3 is 0 Å². The predicted octanol–water partition coefficient (Wildman–Crippen LogP) is 0.290. The summed E-state index contributed by atoms with van der Waals surface area (Å²) in [5, 5.41) is 3.10. The van der Waals surface area contributed by atoms with E-state index in [1.165, 1.54) is 32.2 Å². The second kappa shape index (κ2) is 6.26. The van der Waals surface area contributed by atoms with Gasteiger partial charge in [0.15, 0.2) is 0 Å². The van der Waals surface area contributed by atoms with Crippen LogP contribution in [0.3, 0.4) is 0 Å². The van der Waals surface area contributed by atoms with Gasteiger partial charge in [0, 0.05) is 31.9 Å². The van der Waals surface area contributed by atoms with Crippen LogP contribution in [0.15, 0.2) is 17.2 Å². The van der Waals surface area contributed by atoms with Crippen LogP contribution in [0.2, 0.25) is 0 Å². The number of aryl methyl sites for hydroxylation is 1. The second-order valence-electron chi connectivity index (χ2n) is 6.35. The van der Waals surface area contributed by atoms with E-state index in [2.05, 4.69) is 14.9 Å². The summed E-state index contributed by atoms with van der Waals surface area (Å²) in [7, 11) is -0.494. The molecule has 0 spiro atoms. The van der Waals surface area contributed by atoms with Crippen LogP contribution in [-0.4, -0.2) is 56.0 Å². The van der Waals surface area contributed by atoms with Crippen LogP contribution >= 0.6 is 0 Å². The van der Waals surface area contributed by atoms with Crippen molar-refractivity contribution >= 4 is 15.9 Å². The van der Waals surface area contributed by atoms with Crippen molar-refractivity contribution in [2.24, 2.45) is 7.05 Å². The maximum Gasteiger partial charge on any atom is 0.268 e. The Morgan fingerprint density at radius 1 is 1.26 bits per heavy atom. The number of hydrogen-bond acceptors (Lipinski definition) is 4. The molecule has 2 aliphatic rings. The normalized spacial score (nSPS) is 25.3. The highest BCUT2D eigenvalue weighted by Gasteiger charge is 2.36. The smallest absolute Gasteiger partial charge is 0.268 e. The average Bonchev–Trinajstić information content (AvgIpc) is 3.12. The summed E-state index contributed by atoms with van der Waals surface area (Å²) in [4.78, 5) is 15.1. The molecule has 23 heavy (non-hydrogen) atoms. The molecule has 2 N–H and O–H groups in total. The maximum atomic E-state index is 12.6. The fourth-order valence-electron chi connectivity index (χ4n) is 3.68. The minimum Gasteiger partial charge on any atom is -0.346 e. The van der Waals surface area contributed by atoms with Crippen LogP contribution in [0, 0.1) is 0 Å². The lowest BCUT2D eigenvalue weighted by Crippen LogP contribution is -2.47. The molecule has 0 unspecified atom stereocenters. The zero-order valence-corrected chi connectivity index (χ0v) is 14.4. The molecule has 3 rings (SSSR count). The van der Waals surface area contributed by atoms with E-state index in [-0.39, 0.29) is 16.8 Å². The molecule has 2 aliphatic heterocycles. The van der Waals surface area contributed by atoms with E-state index in [0.29, 0.717) is 11.7 Å². The van der Waals surface area contributed by atoms with Gasteiger partial charge in [-0.05, 0) is 38.9 Å². The summed E-state index contributed by atoms with van der Waals surface area (Å²) in [6.07, 6.45) is 5.99. The number of nitrogens with zero attached hydrogens (tertiary/aromatic N) is 2. The molecule has 0 radical (unpaired) electrons. The van der Waals surface area contributed by atoms with E-state index in [0.717, 1.165) is 25.9 Å². The lowest BCUT2D eigenvalue weighted by Gasteiger charge is -2.32. The van der Waals surface area contributed by atoms with Crippen molar-refractivity contribution in [1.82, 2.24) is 19.5 Å². The molecular formula is C15H24N4O3S. The molecule has 1 aromatic rings. The first kappa shape index (κ1) is 16.5. The Kier molecular flexibility index (Phi) is 4.48. The van der Waals surface area contributed by atoms with Gasteiger partial charge in [-0.2, -0.15) is 0 Å². The summed E-state index contributed by atoms with van der Waals surface area (Å²) in [5.74, 6) is -0.206. The minimum atomic E-state index is -3.54. The molecule has 7 nitrogen and oxygen atoms in total. The first-order valence-electron chi connectivity index (χ1n) is 8.07. The van der Waals surface area contributed by atoms with Gasteiger partial charge in [0.05, 0.1) is 0 Å². The van der Waals surface area contributed by atoms with Crippen molar-refractivity contribution in [1.29, 1.82) is 0 Å². The number of amides is 1. The Morgan fingerprint density at radius 3 is 2.78 bits per heavy atom. The number of carbonyl (C=O) groups excluding carboxylic acids is 1. The molecule has 1 aromatic heterocycles. The predicted molar refractivity (Wildman–Crippen MR) is 86.7 cm³/mol. The first-order valence-corrected chi connectivity index (χ1v) is 9.55. The van der Waals surface area contributed by atoms with E-state index in [1.54, 1.807) is 11.6 Å². The second-order valence-corrected chi connectivity index (χ2v) is 8.23. The SMILES string of the molecule is CNS(=O)(=O)c1cc(C(=O)N[C@@H]2CCN3CCCC[C@H]23)n(C)c1. The molecule has 1 amide bonds. The van der Waals surface area contributed by atoms with Gasteiger partial charge in [-0.3, -0.25) is 9.69 Å². The lowest BCUT2D eigenvalue weighted by molar-refractivity contribution is 0.0907. The number of hydrogen-bond donors (Lipinski definition) is 2. The summed E-state index contributed by atoms with van der Waals surface area (Å²) in [5.41, 5.74) is 0.369.